The van der Waals surface area contributed by atoms with Crippen LogP contribution in [0.1, 0.15) is 38.5 Å². The molecule has 7 nitrogen and oxygen atoms in total. The normalized spacial score (nSPS) is 31.3. The zero-order valence-corrected chi connectivity index (χ0v) is 16.1. The number of carbonyl (C=O) groups excluding carboxylic acids is 2. The first-order valence-corrected chi connectivity index (χ1v) is 9.42. The maximum absolute atomic E-state index is 13.1. The van der Waals surface area contributed by atoms with Crippen LogP contribution >= 0.6 is 12.4 Å². The molecule has 2 saturated heterocycles. The third-order valence-electron chi connectivity index (χ3n) is 6.24. The van der Waals surface area contributed by atoms with Crippen LogP contribution in [-0.2, 0) is 16.6 Å². The summed E-state index contributed by atoms with van der Waals surface area (Å²) in [6, 6.07) is -0.418. The summed E-state index contributed by atoms with van der Waals surface area (Å²) < 4.78 is 1.70. The van der Waals surface area contributed by atoms with E-state index in [4.69, 9.17) is 0 Å². The van der Waals surface area contributed by atoms with E-state index in [-0.39, 0.29) is 29.6 Å². The van der Waals surface area contributed by atoms with Crippen molar-refractivity contribution in [2.24, 2.45) is 18.4 Å². The molecule has 1 unspecified atom stereocenters. The molecular weight excluding hydrogens is 354 g/mol. The Morgan fingerprint density at radius 3 is 2.96 bits per heavy atom. The van der Waals surface area contributed by atoms with E-state index in [0.29, 0.717) is 12.5 Å². The van der Waals surface area contributed by atoms with Gasteiger partial charge in [0.05, 0.1) is 17.3 Å². The molecule has 1 saturated carbocycles. The number of amides is 2. The minimum atomic E-state index is -0.418. The van der Waals surface area contributed by atoms with Crippen LogP contribution in [0, 0.1) is 11.3 Å². The summed E-state index contributed by atoms with van der Waals surface area (Å²) in [6.07, 6.45) is 9.52. The third-order valence-corrected chi connectivity index (χ3v) is 6.24. The Morgan fingerprint density at radius 2 is 2.19 bits per heavy atom. The Balaban J connectivity index is 0.00000196. The van der Waals surface area contributed by atoms with E-state index in [9.17, 15) is 9.59 Å². The van der Waals surface area contributed by atoms with Crippen molar-refractivity contribution in [1.82, 2.24) is 20.4 Å². The molecule has 3 heterocycles. The molecule has 4 rings (SSSR count). The lowest BCUT2D eigenvalue weighted by Gasteiger charge is -2.39. The molecule has 2 N–H and O–H groups in total. The molecule has 0 aromatic carbocycles. The quantitative estimate of drug-likeness (QED) is 0.825. The number of carbonyl (C=O) groups is 2. The van der Waals surface area contributed by atoms with Gasteiger partial charge in [-0.2, -0.15) is 5.10 Å². The minimum Gasteiger partial charge on any atom is -0.344 e. The van der Waals surface area contributed by atoms with Crippen LogP contribution < -0.4 is 15.5 Å². The fourth-order valence-corrected chi connectivity index (χ4v) is 4.81. The van der Waals surface area contributed by atoms with Gasteiger partial charge in [-0.1, -0.05) is 12.8 Å². The number of aryl methyl sites for hydroxylation is 1. The van der Waals surface area contributed by atoms with Gasteiger partial charge in [0.25, 0.3) is 0 Å². The molecule has 0 bridgehead atoms. The number of hydrogen-bond donors (Lipinski definition) is 2. The van der Waals surface area contributed by atoms with E-state index < -0.39 is 6.04 Å². The van der Waals surface area contributed by atoms with Crippen molar-refractivity contribution in [2.45, 2.75) is 44.6 Å². The number of aromatic nitrogens is 2. The molecular formula is C18H28ClN5O2. The molecule has 26 heavy (non-hydrogen) atoms. The summed E-state index contributed by atoms with van der Waals surface area (Å²) in [7, 11) is 1.84. The number of hydrogen-bond acceptors (Lipinski definition) is 4. The number of nitrogens with one attached hydrogen (secondary N) is 2. The van der Waals surface area contributed by atoms with Gasteiger partial charge in [-0.25, -0.2) is 0 Å². The molecule has 0 spiro atoms. The smallest absolute Gasteiger partial charge is 0.249 e. The minimum absolute atomic E-state index is 0. The third kappa shape index (κ3) is 3.22. The van der Waals surface area contributed by atoms with E-state index in [0.717, 1.165) is 50.9 Å². The van der Waals surface area contributed by atoms with Crippen molar-refractivity contribution in [3.63, 3.8) is 0 Å². The Labute approximate surface area is 160 Å². The van der Waals surface area contributed by atoms with Crippen LogP contribution in [0.3, 0.4) is 0 Å². The number of rotatable bonds is 3. The highest BCUT2D eigenvalue weighted by molar-refractivity contribution is 6.00. The van der Waals surface area contributed by atoms with E-state index in [2.05, 4.69) is 15.7 Å². The second kappa shape index (κ2) is 7.56. The average molecular weight is 382 g/mol. The summed E-state index contributed by atoms with van der Waals surface area (Å²) in [5.74, 6) is 0.477. The Morgan fingerprint density at radius 1 is 1.35 bits per heavy atom. The van der Waals surface area contributed by atoms with Crippen LogP contribution in [0.4, 0.5) is 5.69 Å². The van der Waals surface area contributed by atoms with E-state index in [1.807, 2.05) is 13.2 Å². The molecule has 2 amide bonds. The zero-order valence-electron chi connectivity index (χ0n) is 15.2. The molecule has 144 valence electrons. The van der Waals surface area contributed by atoms with Gasteiger partial charge >= 0.3 is 0 Å². The number of nitrogens with zero attached hydrogens (tertiary/aromatic N) is 3. The van der Waals surface area contributed by atoms with Gasteiger partial charge in [0, 0.05) is 26.3 Å². The van der Waals surface area contributed by atoms with Gasteiger partial charge in [0.15, 0.2) is 0 Å². The standard InChI is InChI=1S/C18H27N5O2.ClH/c1-22-11-14(10-20-22)23-8-4-6-15(16(23)24)21-17(25)18-7-3-2-5-13(18)9-19-12-18;/h10-11,13,15,19H,2-9,12H2,1H3,(H,21,25);1H/t13-,15?,18+;/m0./s1. The molecule has 1 aliphatic carbocycles. The maximum atomic E-state index is 13.1. The Bertz CT molecular complexity index is 678. The first-order valence-electron chi connectivity index (χ1n) is 9.42. The summed E-state index contributed by atoms with van der Waals surface area (Å²) in [4.78, 5) is 27.8. The molecule has 3 fully saturated rings. The summed E-state index contributed by atoms with van der Waals surface area (Å²) in [6.45, 7) is 2.36. The predicted molar refractivity (Wildman–Crippen MR) is 101 cm³/mol. The summed E-state index contributed by atoms with van der Waals surface area (Å²) in [5.41, 5.74) is 0.498. The van der Waals surface area contributed by atoms with Gasteiger partial charge in [-0.05, 0) is 38.1 Å². The van der Waals surface area contributed by atoms with Crippen molar-refractivity contribution in [3.8, 4) is 0 Å². The molecule has 1 aromatic rings. The molecule has 3 atom stereocenters. The maximum Gasteiger partial charge on any atom is 0.249 e. The number of anilines is 1. The zero-order chi connectivity index (χ0) is 17.4. The number of fused-ring (bicyclic) bond motifs is 1. The van der Waals surface area contributed by atoms with Gasteiger partial charge in [0.1, 0.15) is 6.04 Å². The number of halogens is 1. The van der Waals surface area contributed by atoms with E-state index >= 15 is 0 Å². The molecule has 2 aliphatic heterocycles. The predicted octanol–water partition coefficient (Wildman–Crippen LogP) is 1.23. The molecule has 3 aliphatic rings. The fraction of sp³-hybridized carbons (Fsp3) is 0.722. The van der Waals surface area contributed by atoms with Crippen molar-refractivity contribution in [3.05, 3.63) is 12.4 Å². The highest BCUT2D eigenvalue weighted by atomic mass is 35.5. The second-order valence-electron chi connectivity index (χ2n) is 7.76. The van der Waals surface area contributed by atoms with Crippen molar-refractivity contribution < 1.29 is 9.59 Å². The van der Waals surface area contributed by atoms with Gasteiger partial charge in [0.2, 0.25) is 11.8 Å². The van der Waals surface area contributed by atoms with Crippen molar-refractivity contribution in [2.75, 3.05) is 24.5 Å². The lowest BCUT2D eigenvalue weighted by molar-refractivity contribution is -0.137. The van der Waals surface area contributed by atoms with Crippen molar-refractivity contribution in [1.29, 1.82) is 0 Å². The topological polar surface area (TPSA) is 79.3 Å². The highest BCUT2D eigenvalue weighted by Crippen LogP contribution is 2.44. The van der Waals surface area contributed by atoms with Crippen LogP contribution in [0.25, 0.3) is 0 Å². The summed E-state index contributed by atoms with van der Waals surface area (Å²) in [5, 5.41) is 10.7. The van der Waals surface area contributed by atoms with Crippen molar-refractivity contribution >= 4 is 29.9 Å². The van der Waals surface area contributed by atoms with E-state index in [1.165, 1.54) is 6.42 Å². The highest BCUT2D eigenvalue weighted by Gasteiger charge is 2.50. The monoisotopic (exact) mass is 381 g/mol. The summed E-state index contributed by atoms with van der Waals surface area (Å²) >= 11 is 0. The SMILES string of the molecule is Cl.Cn1cc(N2CCCC(NC(=O)[C@@]34CCCC[C@H]3CNC4)C2=O)cn1. The van der Waals surface area contributed by atoms with Gasteiger partial charge in [-0.3, -0.25) is 14.3 Å². The lowest BCUT2D eigenvalue weighted by Crippen LogP contribution is -2.57. The largest absolute Gasteiger partial charge is 0.344 e. The molecule has 8 heteroatoms. The average Bonchev–Trinajstić information content (AvgIpc) is 3.23. The lowest BCUT2D eigenvalue weighted by atomic mass is 9.67. The Hall–Kier alpha value is -1.60. The first kappa shape index (κ1) is 19.2. The van der Waals surface area contributed by atoms with Crippen LogP contribution in [0.15, 0.2) is 12.4 Å². The first-order chi connectivity index (χ1) is 12.1. The second-order valence-corrected chi connectivity index (χ2v) is 7.76. The number of piperidine rings is 1. The van der Waals surface area contributed by atoms with Crippen LogP contribution in [0.2, 0.25) is 0 Å². The van der Waals surface area contributed by atoms with Gasteiger partial charge < -0.3 is 15.5 Å². The van der Waals surface area contributed by atoms with Gasteiger partial charge in [-0.15, -0.1) is 12.4 Å². The van der Waals surface area contributed by atoms with Crippen LogP contribution in [0.5, 0.6) is 0 Å². The van der Waals surface area contributed by atoms with Crippen LogP contribution in [-0.4, -0.2) is 47.3 Å². The Kier molecular flexibility index (Phi) is 5.58. The molecule has 0 radical (unpaired) electrons. The molecule has 1 aromatic heterocycles. The van der Waals surface area contributed by atoms with E-state index in [1.54, 1.807) is 15.8 Å². The fourth-order valence-electron chi connectivity index (χ4n) is 4.81.